The minimum atomic E-state index is 0.00824. The molecular weight excluding hydrogens is 196 g/mol. The van der Waals surface area contributed by atoms with Crippen LogP contribution in [0.25, 0.3) is 0 Å². The van der Waals surface area contributed by atoms with Crippen LogP contribution >= 0.6 is 11.3 Å². The zero-order valence-electron chi connectivity index (χ0n) is 8.17. The number of amides is 1. The average Bonchev–Trinajstić information content (AvgIpc) is 2.49. The van der Waals surface area contributed by atoms with E-state index in [9.17, 15) is 4.79 Å². The van der Waals surface area contributed by atoms with Gasteiger partial charge in [-0.25, -0.2) is 0 Å². The molecule has 2 rings (SSSR count). The van der Waals surface area contributed by atoms with Crippen LogP contribution in [0.3, 0.4) is 0 Å². The van der Waals surface area contributed by atoms with E-state index in [1.54, 1.807) is 11.4 Å². The molecule has 1 fully saturated rings. The third kappa shape index (κ3) is 1.75. The van der Waals surface area contributed by atoms with E-state index < -0.39 is 0 Å². The van der Waals surface area contributed by atoms with E-state index in [4.69, 9.17) is 5.73 Å². The zero-order valence-corrected chi connectivity index (χ0v) is 8.99. The Labute approximate surface area is 87.3 Å². The van der Waals surface area contributed by atoms with E-state index in [0.29, 0.717) is 10.6 Å². The molecule has 0 aromatic carbocycles. The monoisotopic (exact) mass is 210 g/mol. The first kappa shape index (κ1) is 9.52. The summed E-state index contributed by atoms with van der Waals surface area (Å²) in [4.78, 5) is 12.4. The van der Waals surface area contributed by atoms with Gasteiger partial charge in [0.2, 0.25) is 0 Å². The van der Waals surface area contributed by atoms with E-state index in [1.807, 2.05) is 0 Å². The maximum atomic E-state index is 11.7. The third-order valence-corrected chi connectivity index (χ3v) is 3.66. The van der Waals surface area contributed by atoms with Crippen molar-refractivity contribution in [2.45, 2.75) is 31.7 Å². The molecule has 0 unspecified atom stereocenters. The molecular formula is C10H14N2OS. The minimum absolute atomic E-state index is 0.00824. The molecule has 0 saturated heterocycles. The Bertz CT molecular complexity index is 355. The number of hydrogen-bond acceptors (Lipinski definition) is 3. The lowest BCUT2D eigenvalue weighted by atomic mass is 9.78. The third-order valence-electron chi connectivity index (χ3n) is 2.72. The van der Waals surface area contributed by atoms with E-state index >= 15 is 0 Å². The summed E-state index contributed by atoms with van der Waals surface area (Å²) >= 11 is 1.40. The van der Waals surface area contributed by atoms with Gasteiger partial charge in [0.25, 0.3) is 5.91 Å². The van der Waals surface area contributed by atoms with Crippen molar-refractivity contribution in [2.24, 2.45) is 0 Å². The molecule has 1 amide bonds. The van der Waals surface area contributed by atoms with Gasteiger partial charge < -0.3 is 11.1 Å². The van der Waals surface area contributed by atoms with Crippen LogP contribution in [0, 0.1) is 0 Å². The van der Waals surface area contributed by atoms with Crippen LogP contribution in [0.5, 0.6) is 0 Å². The smallest absolute Gasteiger partial charge is 0.261 e. The normalized spacial score (nSPS) is 18.6. The quantitative estimate of drug-likeness (QED) is 0.784. The molecule has 14 heavy (non-hydrogen) atoms. The summed E-state index contributed by atoms with van der Waals surface area (Å²) in [6.45, 7) is 2.09. The van der Waals surface area contributed by atoms with Gasteiger partial charge in [0, 0.05) is 16.6 Å². The van der Waals surface area contributed by atoms with Crippen LogP contribution < -0.4 is 11.1 Å². The van der Waals surface area contributed by atoms with E-state index in [0.717, 1.165) is 12.8 Å². The van der Waals surface area contributed by atoms with Crippen LogP contribution in [-0.4, -0.2) is 11.4 Å². The summed E-state index contributed by atoms with van der Waals surface area (Å²) in [6, 6.07) is 1.72. The van der Waals surface area contributed by atoms with Gasteiger partial charge in [0.05, 0.1) is 4.88 Å². The Morgan fingerprint density at radius 1 is 1.64 bits per heavy atom. The summed E-state index contributed by atoms with van der Waals surface area (Å²) in [5.41, 5.74) is 6.25. The molecule has 0 aliphatic heterocycles. The number of nitrogen functional groups attached to an aromatic ring is 1. The SMILES string of the molecule is CC1(NC(=O)c2cc(N)cs2)CCC1. The van der Waals surface area contributed by atoms with Crippen molar-refractivity contribution in [2.75, 3.05) is 5.73 Å². The predicted molar refractivity (Wildman–Crippen MR) is 58.5 cm³/mol. The Morgan fingerprint density at radius 2 is 2.36 bits per heavy atom. The number of carbonyl (C=O) groups excluding carboxylic acids is 1. The molecule has 1 heterocycles. The van der Waals surface area contributed by atoms with Crippen molar-refractivity contribution in [3.05, 3.63) is 16.3 Å². The Balaban J connectivity index is 2.02. The lowest BCUT2D eigenvalue weighted by molar-refractivity contribution is 0.0855. The molecule has 0 bridgehead atoms. The first-order chi connectivity index (χ1) is 6.59. The second-order valence-electron chi connectivity index (χ2n) is 4.11. The summed E-state index contributed by atoms with van der Waals surface area (Å²) < 4.78 is 0. The molecule has 1 aliphatic carbocycles. The van der Waals surface area contributed by atoms with Crippen molar-refractivity contribution < 1.29 is 4.79 Å². The number of nitrogens with two attached hydrogens (primary N) is 1. The van der Waals surface area contributed by atoms with Gasteiger partial charge in [-0.05, 0) is 32.3 Å². The Kier molecular flexibility index (Phi) is 2.23. The number of anilines is 1. The van der Waals surface area contributed by atoms with Gasteiger partial charge in [-0.1, -0.05) is 0 Å². The van der Waals surface area contributed by atoms with Crippen molar-refractivity contribution >= 4 is 22.9 Å². The largest absolute Gasteiger partial charge is 0.398 e. The minimum Gasteiger partial charge on any atom is -0.398 e. The molecule has 3 N–H and O–H groups in total. The topological polar surface area (TPSA) is 55.1 Å². The van der Waals surface area contributed by atoms with E-state index in [2.05, 4.69) is 12.2 Å². The van der Waals surface area contributed by atoms with Gasteiger partial charge >= 0.3 is 0 Å². The summed E-state index contributed by atoms with van der Waals surface area (Å²) in [5, 5.41) is 4.83. The zero-order chi connectivity index (χ0) is 10.2. The second kappa shape index (κ2) is 3.28. The summed E-state index contributed by atoms with van der Waals surface area (Å²) in [7, 11) is 0. The first-order valence-corrected chi connectivity index (χ1v) is 5.64. The highest BCUT2D eigenvalue weighted by Crippen LogP contribution is 2.31. The maximum absolute atomic E-state index is 11.7. The van der Waals surface area contributed by atoms with Gasteiger partial charge in [0.1, 0.15) is 0 Å². The Morgan fingerprint density at radius 3 is 2.79 bits per heavy atom. The molecule has 3 nitrogen and oxygen atoms in total. The number of hydrogen-bond donors (Lipinski definition) is 2. The average molecular weight is 210 g/mol. The van der Waals surface area contributed by atoms with Crippen molar-refractivity contribution in [3.8, 4) is 0 Å². The number of nitrogens with one attached hydrogen (secondary N) is 1. The van der Waals surface area contributed by atoms with Crippen molar-refractivity contribution in [3.63, 3.8) is 0 Å². The fraction of sp³-hybridized carbons (Fsp3) is 0.500. The molecule has 1 aromatic rings. The molecule has 0 spiro atoms. The molecule has 76 valence electrons. The predicted octanol–water partition coefficient (Wildman–Crippen LogP) is 2.00. The van der Waals surface area contributed by atoms with Crippen LogP contribution in [0.1, 0.15) is 35.9 Å². The maximum Gasteiger partial charge on any atom is 0.261 e. The second-order valence-corrected chi connectivity index (χ2v) is 5.02. The highest BCUT2D eigenvalue weighted by Gasteiger charge is 2.33. The molecule has 4 heteroatoms. The lowest BCUT2D eigenvalue weighted by Crippen LogP contribution is -2.50. The van der Waals surface area contributed by atoms with E-state index in [-0.39, 0.29) is 11.4 Å². The van der Waals surface area contributed by atoms with Gasteiger partial charge in [0.15, 0.2) is 0 Å². The fourth-order valence-electron chi connectivity index (χ4n) is 1.64. The molecule has 1 aromatic heterocycles. The molecule has 0 radical (unpaired) electrons. The van der Waals surface area contributed by atoms with Gasteiger partial charge in [-0.15, -0.1) is 11.3 Å². The van der Waals surface area contributed by atoms with Crippen molar-refractivity contribution in [1.82, 2.24) is 5.32 Å². The van der Waals surface area contributed by atoms with Crippen molar-refractivity contribution in [1.29, 1.82) is 0 Å². The number of rotatable bonds is 2. The fourth-order valence-corrected chi connectivity index (χ4v) is 2.33. The molecule has 0 atom stereocenters. The summed E-state index contributed by atoms with van der Waals surface area (Å²) in [6.07, 6.45) is 3.38. The molecule has 1 aliphatic rings. The van der Waals surface area contributed by atoms with Crippen LogP contribution in [0.4, 0.5) is 5.69 Å². The highest BCUT2D eigenvalue weighted by molar-refractivity contribution is 7.12. The summed E-state index contributed by atoms with van der Waals surface area (Å²) in [5.74, 6) is 0.00824. The van der Waals surface area contributed by atoms with Crippen LogP contribution in [0.2, 0.25) is 0 Å². The lowest BCUT2D eigenvalue weighted by Gasteiger charge is -2.38. The Hall–Kier alpha value is -1.03. The van der Waals surface area contributed by atoms with E-state index in [1.165, 1.54) is 17.8 Å². The van der Waals surface area contributed by atoms with Crippen LogP contribution in [-0.2, 0) is 0 Å². The first-order valence-electron chi connectivity index (χ1n) is 4.76. The highest BCUT2D eigenvalue weighted by atomic mass is 32.1. The standard InChI is InChI=1S/C10H14N2OS/c1-10(3-2-4-10)12-9(13)8-5-7(11)6-14-8/h5-6H,2-4,11H2,1H3,(H,12,13). The van der Waals surface area contributed by atoms with Gasteiger partial charge in [-0.3, -0.25) is 4.79 Å². The number of carbonyl (C=O) groups is 1. The van der Waals surface area contributed by atoms with Gasteiger partial charge in [-0.2, -0.15) is 0 Å². The molecule has 1 saturated carbocycles. The number of thiophene rings is 1. The van der Waals surface area contributed by atoms with Crippen LogP contribution in [0.15, 0.2) is 11.4 Å².